The Kier molecular flexibility index (Phi) is 5.27. The molecule has 23 heavy (non-hydrogen) atoms. The first kappa shape index (κ1) is 16.0. The summed E-state index contributed by atoms with van der Waals surface area (Å²) >= 11 is 1.06. The van der Waals surface area contributed by atoms with Gasteiger partial charge >= 0.3 is 0 Å². The SMILES string of the molecule is Cc1nsnc1C(=O)NCC(c1cccnc1)N1CCOCC1. The lowest BCUT2D eigenvalue weighted by Crippen LogP contribution is -2.44. The van der Waals surface area contributed by atoms with Crippen molar-refractivity contribution in [3.05, 3.63) is 41.5 Å². The Bertz CT molecular complexity index is 642. The van der Waals surface area contributed by atoms with Crippen molar-refractivity contribution in [3.63, 3.8) is 0 Å². The van der Waals surface area contributed by atoms with Gasteiger partial charge in [0.25, 0.3) is 5.91 Å². The van der Waals surface area contributed by atoms with Crippen molar-refractivity contribution in [2.24, 2.45) is 0 Å². The van der Waals surface area contributed by atoms with Gasteiger partial charge in [-0.25, -0.2) is 0 Å². The number of aryl methyl sites for hydroxylation is 1. The molecular formula is C15H19N5O2S. The van der Waals surface area contributed by atoms with Crippen molar-refractivity contribution in [1.29, 1.82) is 0 Å². The third kappa shape index (κ3) is 3.90. The number of nitrogens with one attached hydrogen (secondary N) is 1. The minimum Gasteiger partial charge on any atom is -0.379 e. The quantitative estimate of drug-likeness (QED) is 0.881. The number of pyridine rings is 1. The van der Waals surface area contributed by atoms with Crippen LogP contribution >= 0.6 is 11.7 Å². The largest absolute Gasteiger partial charge is 0.379 e. The molecule has 2 aromatic heterocycles. The summed E-state index contributed by atoms with van der Waals surface area (Å²) in [5, 5.41) is 2.98. The molecule has 122 valence electrons. The van der Waals surface area contributed by atoms with Crippen LogP contribution < -0.4 is 5.32 Å². The Morgan fingerprint density at radius 2 is 2.26 bits per heavy atom. The van der Waals surface area contributed by atoms with Crippen molar-refractivity contribution >= 4 is 17.6 Å². The van der Waals surface area contributed by atoms with Crippen LogP contribution in [-0.4, -0.2) is 57.4 Å². The minimum atomic E-state index is -0.182. The van der Waals surface area contributed by atoms with E-state index in [4.69, 9.17) is 4.74 Å². The Morgan fingerprint density at radius 3 is 2.91 bits per heavy atom. The number of ether oxygens (including phenoxy) is 1. The van der Waals surface area contributed by atoms with Gasteiger partial charge in [-0.2, -0.15) is 8.75 Å². The number of rotatable bonds is 5. The fourth-order valence-electron chi connectivity index (χ4n) is 2.63. The van der Waals surface area contributed by atoms with E-state index in [1.165, 1.54) is 0 Å². The molecule has 1 fully saturated rings. The van der Waals surface area contributed by atoms with Gasteiger partial charge in [0, 0.05) is 32.0 Å². The highest BCUT2D eigenvalue weighted by atomic mass is 32.1. The van der Waals surface area contributed by atoms with Crippen molar-refractivity contribution in [3.8, 4) is 0 Å². The molecular weight excluding hydrogens is 314 g/mol. The van der Waals surface area contributed by atoms with E-state index in [1.54, 1.807) is 13.1 Å². The topological polar surface area (TPSA) is 80.2 Å². The number of hydrogen-bond acceptors (Lipinski definition) is 7. The molecule has 0 radical (unpaired) electrons. The van der Waals surface area contributed by atoms with Crippen LogP contribution in [0.2, 0.25) is 0 Å². The summed E-state index contributed by atoms with van der Waals surface area (Å²) in [5.41, 5.74) is 2.15. The zero-order valence-corrected chi connectivity index (χ0v) is 13.8. The van der Waals surface area contributed by atoms with Gasteiger partial charge in [-0.1, -0.05) is 6.07 Å². The molecule has 3 heterocycles. The predicted molar refractivity (Wildman–Crippen MR) is 86.3 cm³/mol. The van der Waals surface area contributed by atoms with Crippen LogP contribution in [0, 0.1) is 6.92 Å². The van der Waals surface area contributed by atoms with Gasteiger partial charge in [-0.3, -0.25) is 14.7 Å². The molecule has 3 rings (SSSR count). The van der Waals surface area contributed by atoms with Crippen LogP contribution in [0.25, 0.3) is 0 Å². The second kappa shape index (κ2) is 7.58. The Balaban J connectivity index is 1.71. The number of carbonyl (C=O) groups is 1. The van der Waals surface area contributed by atoms with Crippen LogP contribution in [0.1, 0.15) is 27.8 Å². The maximum atomic E-state index is 12.3. The van der Waals surface area contributed by atoms with E-state index in [9.17, 15) is 4.79 Å². The van der Waals surface area contributed by atoms with Gasteiger partial charge in [-0.15, -0.1) is 0 Å². The highest BCUT2D eigenvalue weighted by molar-refractivity contribution is 6.99. The van der Waals surface area contributed by atoms with Gasteiger partial charge in [0.05, 0.1) is 36.7 Å². The lowest BCUT2D eigenvalue weighted by atomic mass is 10.1. The molecule has 1 aliphatic rings. The monoisotopic (exact) mass is 333 g/mol. The number of amides is 1. The van der Waals surface area contributed by atoms with Gasteiger partial charge in [0.15, 0.2) is 5.69 Å². The van der Waals surface area contributed by atoms with E-state index in [2.05, 4.69) is 23.9 Å². The van der Waals surface area contributed by atoms with Gasteiger partial charge < -0.3 is 10.1 Å². The van der Waals surface area contributed by atoms with Crippen LogP contribution in [0.5, 0.6) is 0 Å². The second-order valence-corrected chi connectivity index (χ2v) is 5.89. The van der Waals surface area contributed by atoms with E-state index in [0.717, 1.165) is 30.4 Å². The van der Waals surface area contributed by atoms with E-state index >= 15 is 0 Å². The lowest BCUT2D eigenvalue weighted by molar-refractivity contribution is 0.0161. The molecule has 1 atom stereocenters. The molecule has 0 saturated carbocycles. The van der Waals surface area contributed by atoms with Crippen molar-refractivity contribution in [1.82, 2.24) is 23.9 Å². The molecule has 2 aromatic rings. The van der Waals surface area contributed by atoms with E-state index in [-0.39, 0.29) is 11.9 Å². The van der Waals surface area contributed by atoms with Crippen molar-refractivity contribution < 1.29 is 9.53 Å². The molecule has 7 nitrogen and oxygen atoms in total. The summed E-state index contributed by atoms with van der Waals surface area (Å²) in [7, 11) is 0. The lowest BCUT2D eigenvalue weighted by Gasteiger charge is -2.34. The average Bonchev–Trinajstić information content (AvgIpc) is 3.03. The van der Waals surface area contributed by atoms with Crippen molar-refractivity contribution in [2.75, 3.05) is 32.8 Å². The predicted octanol–water partition coefficient (Wildman–Crippen LogP) is 1.04. The molecule has 1 unspecified atom stereocenters. The Hall–Kier alpha value is -1.90. The molecule has 1 saturated heterocycles. The first-order valence-electron chi connectivity index (χ1n) is 7.55. The van der Waals surface area contributed by atoms with Crippen molar-refractivity contribution in [2.45, 2.75) is 13.0 Å². The Morgan fingerprint density at radius 1 is 1.43 bits per heavy atom. The average molecular weight is 333 g/mol. The van der Waals surface area contributed by atoms with Gasteiger partial charge in [0.1, 0.15) is 0 Å². The number of carbonyl (C=O) groups excluding carboxylic acids is 1. The summed E-state index contributed by atoms with van der Waals surface area (Å²) in [6.07, 6.45) is 3.60. The standard InChI is InChI=1S/C15H19N5O2S/c1-11-14(19-23-18-11)15(21)17-10-13(12-3-2-4-16-9-12)20-5-7-22-8-6-20/h2-4,9,13H,5-8,10H2,1H3,(H,17,21). The number of hydrogen-bond donors (Lipinski definition) is 1. The normalized spacial score (nSPS) is 16.9. The number of nitrogens with zero attached hydrogens (tertiary/aromatic N) is 4. The zero-order chi connectivity index (χ0) is 16.1. The third-order valence-corrected chi connectivity index (χ3v) is 4.50. The first-order chi connectivity index (χ1) is 11.3. The van der Waals surface area contributed by atoms with Crippen LogP contribution in [0.3, 0.4) is 0 Å². The summed E-state index contributed by atoms with van der Waals surface area (Å²) in [6.45, 7) is 5.39. The number of morpholine rings is 1. The van der Waals surface area contributed by atoms with E-state index in [0.29, 0.717) is 31.1 Å². The molecule has 0 aromatic carbocycles. The minimum absolute atomic E-state index is 0.0726. The highest BCUT2D eigenvalue weighted by Gasteiger charge is 2.24. The molecule has 0 spiro atoms. The fraction of sp³-hybridized carbons (Fsp3) is 0.467. The second-order valence-electron chi connectivity index (χ2n) is 5.36. The van der Waals surface area contributed by atoms with E-state index < -0.39 is 0 Å². The molecule has 0 bridgehead atoms. The Labute approximate surface area is 139 Å². The van der Waals surface area contributed by atoms with Gasteiger partial charge in [0.2, 0.25) is 0 Å². The maximum Gasteiger partial charge on any atom is 0.273 e. The summed E-state index contributed by atoms with van der Waals surface area (Å²) in [4.78, 5) is 18.8. The van der Waals surface area contributed by atoms with Crippen LogP contribution in [0.4, 0.5) is 0 Å². The fourth-order valence-corrected chi connectivity index (χ4v) is 3.18. The maximum absolute atomic E-state index is 12.3. The van der Waals surface area contributed by atoms with Crippen LogP contribution in [-0.2, 0) is 4.74 Å². The molecule has 8 heteroatoms. The number of aromatic nitrogens is 3. The smallest absolute Gasteiger partial charge is 0.273 e. The van der Waals surface area contributed by atoms with E-state index in [1.807, 2.05) is 18.3 Å². The molecule has 0 aliphatic carbocycles. The van der Waals surface area contributed by atoms with Crippen LogP contribution in [0.15, 0.2) is 24.5 Å². The van der Waals surface area contributed by atoms with Gasteiger partial charge in [-0.05, 0) is 18.6 Å². The summed E-state index contributed by atoms with van der Waals surface area (Å²) in [6, 6.07) is 4.03. The molecule has 1 N–H and O–H groups in total. The first-order valence-corrected chi connectivity index (χ1v) is 8.28. The summed E-state index contributed by atoms with van der Waals surface area (Å²) in [5.74, 6) is -0.182. The summed E-state index contributed by atoms with van der Waals surface area (Å²) < 4.78 is 13.5. The molecule has 1 amide bonds. The highest BCUT2D eigenvalue weighted by Crippen LogP contribution is 2.20. The molecule has 1 aliphatic heterocycles. The zero-order valence-electron chi connectivity index (χ0n) is 12.9. The third-order valence-electron chi connectivity index (χ3n) is 3.88.